The van der Waals surface area contributed by atoms with Gasteiger partial charge in [-0.3, -0.25) is 5.43 Å². The lowest BCUT2D eigenvalue weighted by molar-refractivity contribution is 0.271. The Labute approximate surface area is 198 Å². The Morgan fingerprint density at radius 1 is 0.938 bits per heavy atom. The first-order chi connectivity index (χ1) is 15.6. The van der Waals surface area contributed by atoms with Gasteiger partial charge in [0.05, 0.1) is 19.4 Å². The summed E-state index contributed by atoms with van der Waals surface area (Å²) in [6, 6.07) is 15.9. The summed E-state index contributed by atoms with van der Waals surface area (Å²) in [6.07, 6.45) is 7.94. The molecule has 0 spiro atoms. The highest BCUT2D eigenvalue weighted by Gasteiger charge is 2.00. The van der Waals surface area contributed by atoms with E-state index in [1.54, 1.807) is 6.21 Å². The molecule has 2 N–H and O–H groups in total. The van der Waals surface area contributed by atoms with Crippen molar-refractivity contribution < 1.29 is 9.47 Å². The van der Waals surface area contributed by atoms with Gasteiger partial charge in [0.1, 0.15) is 11.5 Å². The van der Waals surface area contributed by atoms with Gasteiger partial charge in [0, 0.05) is 6.54 Å². The van der Waals surface area contributed by atoms with Gasteiger partial charge in [-0.25, -0.2) is 0 Å². The van der Waals surface area contributed by atoms with E-state index in [-0.39, 0.29) is 0 Å². The Hall–Kier alpha value is -2.60. The van der Waals surface area contributed by atoms with E-state index in [1.165, 1.54) is 25.7 Å². The second kappa shape index (κ2) is 15.2. The maximum atomic E-state index is 5.79. The van der Waals surface area contributed by atoms with E-state index in [2.05, 4.69) is 36.6 Å². The summed E-state index contributed by atoms with van der Waals surface area (Å²) in [5.41, 5.74) is 4.95. The predicted molar refractivity (Wildman–Crippen MR) is 138 cm³/mol. The van der Waals surface area contributed by atoms with Crippen LogP contribution in [0.1, 0.15) is 64.0 Å². The highest BCUT2D eigenvalue weighted by atomic mass is 32.1. The van der Waals surface area contributed by atoms with Crippen molar-refractivity contribution in [2.45, 2.75) is 59.4 Å². The first-order valence-electron chi connectivity index (χ1n) is 11.6. The van der Waals surface area contributed by atoms with E-state index < -0.39 is 0 Å². The molecule has 0 saturated heterocycles. The summed E-state index contributed by atoms with van der Waals surface area (Å²) in [7, 11) is 0. The number of hydrogen-bond acceptors (Lipinski definition) is 4. The number of nitrogens with zero attached hydrogens (tertiary/aromatic N) is 1. The van der Waals surface area contributed by atoms with Gasteiger partial charge in [-0.05, 0) is 72.1 Å². The van der Waals surface area contributed by atoms with Crippen molar-refractivity contribution in [1.29, 1.82) is 0 Å². The Balaban J connectivity index is 1.64. The summed E-state index contributed by atoms with van der Waals surface area (Å²) in [6.45, 7) is 8.61. The number of benzene rings is 2. The second-order valence-corrected chi connectivity index (χ2v) is 8.64. The highest BCUT2D eigenvalue weighted by molar-refractivity contribution is 7.80. The Kier molecular flexibility index (Phi) is 12.2. The summed E-state index contributed by atoms with van der Waals surface area (Å²) in [5, 5.41) is 7.83. The fourth-order valence-corrected chi connectivity index (χ4v) is 3.02. The number of hydrogen-bond donors (Lipinski definition) is 2. The van der Waals surface area contributed by atoms with Gasteiger partial charge in [-0.2, -0.15) is 5.10 Å². The third kappa shape index (κ3) is 11.1. The molecule has 0 aliphatic rings. The molecule has 5 nitrogen and oxygen atoms in total. The van der Waals surface area contributed by atoms with Crippen LogP contribution < -0.4 is 20.2 Å². The molecule has 0 amide bonds. The number of unbranched alkanes of at least 4 members (excludes halogenated alkanes) is 4. The van der Waals surface area contributed by atoms with Crippen LogP contribution in [0.25, 0.3) is 0 Å². The van der Waals surface area contributed by atoms with Gasteiger partial charge in [0.25, 0.3) is 0 Å². The maximum Gasteiger partial charge on any atom is 0.187 e. The van der Waals surface area contributed by atoms with Gasteiger partial charge in [-0.15, -0.1) is 0 Å². The molecule has 0 bridgehead atoms. The summed E-state index contributed by atoms with van der Waals surface area (Å²) in [4.78, 5) is 0. The van der Waals surface area contributed by atoms with Crippen molar-refractivity contribution in [2.75, 3.05) is 13.2 Å². The van der Waals surface area contributed by atoms with Crippen LogP contribution in [0.4, 0.5) is 0 Å². The smallest absolute Gasteiger partial charge is 0.187 e. The molecule has 0 saturated carbocycles. The topological polar surface area (TPSA) is 54.9 Å². The van der Waals surface area contributed by atoms with Crippen molar-refractivity contribution >= 4 is 23.5 Å². The average Bonchev–Trinajstić information content (AvgIpc) is 2.80. The van der Waals surface area contributed by atoms with Gasteiger partial charge < -0.3 is 14.8 Å². The molecular formula is C26H37N3O2S. The average molecular weight is 456 g/mol. The third-order valence-corrected chi connectivity index (χ3v) is 4.97. The fourth-order valence-electron chi connectivity index (χ4n) is 2.90. The Bertz CT molecular complexity index is 805. The van der Waals surface area contributed by atoms with Gasteiger partial charge >= 0.3 is 0 Å². The molecule has 0 fully saturated rings. The SMILES string of the molecule is CCCCCCCOc1ccc(/C=N\NC(=S)NCc2ccc(OCC(C)C)cc2)cc1. The van der Waals surface area contributed by atoms with Crippen LogP contribution in [0.2, 0.25) is 0 Å². The monoisotopic (exact) mass is 455 g/mol. The van der Waals surface area contributed by atoms with Crippen molar-refractivity contribution in [1.82, 2.24) is 10.7 Å². The zero-order valence-electron chi connectivity index (χ0n) is 19.6. The first kappa shape index (κ1) is 25.7. The van der Waals surface area contributed by atoms with Crippen molar-refractivity contribution in [3.63, 3.8) is 0 Å². The molecule has 0 aliphatic heterocycles. The van der Waals surface area contributed by atoms with Gasteiger partial charge in [0.2, 0.25) is 0 Å². The molecule has 2 aromatic carbocycles. The first-order valence-corrected chi connectivity index (χ1v) is 12.0. The van der Waals surface area contributed by atoms with E-state index in [0.29, 0.717) is 17.6 Å². The number of rotatable bonds is 14. The largest absolute Gasteiger partial charge is 0.494 e. The van der Waals surface area contributed by atoms with Crippen LogP contribution >= 0.6 is 12.2 Å². The molecule has 0 aliphatic carbocycles. The fraction of sp³-hybridized carbons (Fsp3) is 0.462. The zero-order chi connectivity index (χ0) is 23.0. The number of nitrogens with one attached hydrogen (secondary N) is 2. The van der Waals surface area contributed by atoms with Crippen LogP contribution in [0, 0.1) is 5.92 Å². The summed E-state index contributed by atoms with van der Waals surface area (Å²) < 4.78 is 11.5. The van der Waals surface area contributed by atoms with Gasteiger partial charge in [0.15, 0.2) is 5.11 Å². The predicted octanol–water partition coefficient (Wildman–Crippen LogP) is 6.07. The van der Waals surface area contributed by atoms with Gasteiger partial charge in [-0.1, -0.05) is 58.6 Å². The maximum absolute atomic E-state index is 5.79. The van der Waals surface area contributed by atoms with E-state index in [1.807, 2.05) is 48.5 Å². The van der Waals surface area contributed by atoms with E-state index in [9.17, 15) is 0 Å². The normalized spacial score (nSPS) is 11.0. The van der Waals surface area contributed by atoms with Crippen LogP contribution in [-0.4, -0.2) is 24.5 Å². The molecule has 2 aromatic rings. The van der Waals surface area contributed by atoms with E-state index >= 15 is 0 Å². The van der Waals surface area contributed by atoms with Crippen molar-refractivity contribution in [3.8, 4) is 11.5 Å². The minimum Gasteiger partial charge on any atom is -0.494 e. The van der Waals surface area contributed by atoms with Crippen LogP contribution in [-0.2, 0) is 6.54 Å². The van der Waals surface area contributed by atoms with E-state index in [4.69, 9.17) is 21.7 Å². The number of hydrazone groups is 1. The molecule has 0 heterocycles. The van der Waals surface area contributed by atoms with E-state index in [0.717, 1.165) is 42.3 Å². The number of thiocarbonyl (C=S) groups is 1. The third-order valence-electron chi connectivity index (χ3n) is 4.74. The standard InChI is InChI=1S/C26H37N3O2S/c1-4-5-6-7-8-17-30-24-13-11-23(12-14-24)19-28-29-26(32)27-18-22-9-15-25(16-10-22)31-20-21(2)3/h9-16,19,21H,4-8,17-18,20H2,1-3H3,(H2,27,29,32)/b28-19-. The lowest BCUT2D eigenvalue weighted by atomic mass is 10.2. The molecule has 0 aromatic heterocycles. The van der Waals surface area contributed by atoms with Crippen molar-refractivity contribution in [2.24, 2.45) is 11.0 Å². The molecule has 0 radical (unpaired) electrons. The lowest BCUT2D eigenvalue weighted by Gasteiger charge is -2.10. The molecule has 2 rings (SSSR count). The quantitative estimate of drug-likeness (QED) is 0.157. The molecule has 174 valence electrons. The second-order valence-electron chi connectivity index (χ2n) is 8.23. The lowest BCUT2D eigenvalue weighted by Crippen LogP contribution is -2.31. The minimum absolute atomic E-state index is 0.476. The van der Waals surface area contributed by atoms with Crippen LogP contribution in [0.3, 0.4) is 0 Å². The zero-order valence-corrected chi connectivity index (χ0v) is 20.4. The number of ether oxygens (including phenoxy) is 2. The molecule has 0 atom stereocenters. The summed E-state index contributed by atoms with van der Waals surface area (Å²) >= 11 is 5.29. The molecule has 6 heteroatoms. The molecular weight excluding hydrogens is 418 g/mol. The van der Waals surface area contributed by atoms with Crippen LogP contribution in [0.5, 0.6) is 11.5 Å². The Morgan fingerprint density at radius 3 is 2.28 bits per heavy atom. The Morgan fingerprint density at radius 2 is 1.59 bits per heavy atom. The minimum atomic E-state index is 0.476. The molecule has 0 unspecified atom stereocenters. The summed E-state index contributed by atoms with van der Waals surface area (Å²) in [5.74, 6) is 2.29. The highest BCUT2D eigenvalue weighted by Crippen LogP contribution is 2.14. The van der Waals surface area contributed by atoms with Crippen LogP contribution in [0.15, 0.2) is 53.6 Å². The molecule has 32 heavy (non-hydrogen) atoms. The van der Waals surface area contributed by atoms with Crippen molar-refractivity contribution in [3.05, 3.63) is 59.7 Å².